The summed E-state index contributed by atoms with van der Waals surface area (Å²) in [6.07, 6.45) is 0. The number of aliphatic hydroxyl groups is 1. The Morgan fingerprint density at radius 1 is 0.929 bits per heavy atom. The first-order valence-electron chi connectivity index (χ1n) is 3.49. The van der Waals surface area contributed by atoms with Crippen LogP contribution in [0.5, 0.6) is 0 Å². The van der Waals surface area contributed by atoms with Gasteiger partial charge in [0.1, 0.15) is 0 Å². The van der Waals surface area contributed by atoms with Crippen molar-refractivity contribution in [3.63, 3.8) is 0 Å². The Hall–Kier alpha value is -2.03. The molecule has 1 aromatic heterocycles. The van der Waals surface area contributed by atoms with Crippen LogP contribution < -0.4 is 17.1 Å². The number of aliphatic hydroxyl groups excluding tert-OH is 1. The molecule has 1 heterocycles. The van der Waals surface area contributed by atoms with Crippen molar-refractivity contribution in [2.75, 3.05) is 6.61 Å². The predicted octanol–water partition coefficient (Wildman–Crippen LogP) is -3.36. The third-order valence-corrected chi connectivity index (χ3v) is 1.51. The fraction of sp³-hybridized carbons (Fsp3) is 0.400. The molecule has 0 amide bonds. The van der Waals surface area contributed by atoms with Gasteiger partial charge in [0, 0.05) is 0 Å². The summed E-state index contributed by atoms with van der Waals surface area (Å²) in [7, 11) is 0. The lowest BCUT2D eigenvalue weighted by Crippen LogP contribution is -2.53. The van der Waals surface area contributed by atoms with E-state index in [9.17, 15) is 14.4 Å². The first-order valence-corrected chi connectivity index (χ1v) is 3.49. The van der Waals surface area contributed by atoms with Gasteiger partial charge in [0.25, 0.3) is 0 Å². The summed E-state index contributed by atoms with van der Waals surface area (Å²) in [6.45, 7) is -0.980. The number of aromatic nitrogens is 3. The molecule has 3 N–H and O–H groups in total. The third kappa shape index (κ3) is 1.29. The van der Waals surface area contributed by atoms with Crippen molar-refractivity contribution in [3.05, 3.63) is 31.5 Å². The van der Waals surface area contributed by atoms with Crippen LogP contribution >= 0.6 is 0 Å². The predicted molar refractivity (Wildman–Crippen MR) is 40.7 cm³/mol. The first-order chi connectivity index (χ1) is 6.50. The number of rotatable bonds is 2. The van der Waals surface area contributed by atoms with Gasteiger partial charge in [-0.2, -0.15) is 0 Å². The molecule has 0 bridgehead atoms. The highest BCUT2D eigenvalue weighted by Crippen LogP contribution is 1.67. The topological polar surface area (TPSA) is 127 Å². The highest BCUT2D eigenvalue weighted by atomic mass is 16.5. The summed E-state index contributed by atoms with van der Waals surface area (Å²) in [5.74, 6) is 0. The number of hydrogen-bond donors (Lipinski definition) is 3. The monoisotopic (exact) mass is 205 g/mol. The summed E-state index contributed by atoms with van der Waals surface area (Å²) < 4.78 is -0.560. The van der Waals surface area contributed by atoms with Gasteiger partial charge in [-0.3, -0.25) is 0 Å². The summed E-state index contributed by atoms with van der Waals surface area (Å²) >= 11 is 0. The van der Waals surface area contributed by atoms with E-state index in [1.807, 2.05) is 0 Å². The van der Waals surface area contributed by atoms with Gasteiger partial charge in [-0.1, -0.05) is 9.46 Å². The second-order valence-electron chi connectivity index (χ2n) is 2.35. The zero-order valence-electron chi connectivity index (χ0n) is 6.82. The minimum absolute atomic E-state index is 0.307. The third-order valence-electron chi connectivity index (χ3n) is 1.51. The van der Waals surface area contributed by atoms with Crippen molar-refractivity contribution >= 4 is 0 Å². The fourth-order valence-electron chi connectivity index (χ4n) is 0.855. The fourth-order valence-corrected chi connectivity index (χ4v) is 0.855. The van der Waals surface area contributed by atoms with Crippen LogP contribution in [0.4, 0.5) is 0 Å². The zero-order chi connectivity index (χ0) is 10.9. The Labute approximate surface area is 75.2 Å². The van der Waals surface area contributed by atoms with Gasteiger partial charge in [-0.25, -0.2) is 19.0 Å². The van der Waals surface area contributed by atoms with Crippen LogP contribution in [0, 0.1) is 0 Å². The van der Waals surface area contributed by atoms with E-state index >= 15 is 0 Å². The van der Waals surface area contributed by atoms with Crippen molar-refractivity contribution in [3.8, 4) is 0 Å². The van der Waals surface area contributed by atoms with E-state index in [1.165, 1.54) is 0 Å². The van der Waals surface area contributed by atoms with Crippen LogP contribution in [-0.2, 0) is 6.54 Å². The first kappa shape index (κ1) is 10.1. The molecule has 0 atom stereocenters. The maximum atomic E-state index is 11.0. The van der Waals surface area contributed by atoms with Gasteiger partial charge < -0.3 is 15.5 Å². The highest BCUT2D eigenvalue weighted by Gasteiger charge is 2.12. The molecule has 0 spiro atoms. The van der Waals surface area contributed by atoms with E-state index in [4.69, 9.17) is 15.5 Å². The van der Waals surface area contributed by atoms with Crippen molar-refractivity contribution in [1.82, 2.24) is 14.0 Å². The van der Waals surface area contributed by atoms with Crippen LogP contribution in [0.25, 0.3) is 0 Å². The number of hydrogen-bond acceptors (Lipinski definition) is 6. The molecule has 0 fully saturated rings. The molecule has 14 heavy (non-hydrogen) atoms. The second-order valence-corrected chi connectivity index (χ2v) is 2.35. The van der Waals surface area contributed by atoms with Gasteiger partial charge in [0.15, 0.2) is 0 Å². The van der Waals surface area contributed by atoms with Crippen LogP contribution in [0.15, 0.2) is 14.4 Å². The average molecular weight is 205 g/mol. The summed E-state index contributed by atoms with van der Waals surface area (Å²) in [6, 6.07) is 0. The van der Waals surface area contributed by atoms with E-state index in [-0.39, 0.29) is 0 Å². The number of nitrogens with zero attached hydrogens (tertiary/aromatic N) is 3. The van der Waals surface area contributed by atoms with E-state index in [1.54, 1.807) is 0 Å². The molecule has 0 aliphatic carbocycles. The quantitative estimate of drug-likeness (QED) is 0.433. The van der Waals surface area contributed by atoms with E-state index in [0.717, 1.165) is 0 Å². The standard InChI is InChI=1S/C5H7N3O6/c9-2-1-6-3(10)7(13)5(12)8(14)4(6)11/h9,13-14H,1-2H2. The van der Waals surface area contributed by atoms with Crippen molar-refractivity contribution in [2.45, 2.75) is 6.54 Å². The molecule has 0 saturated carbocycles. The van der Waals surface area contributed by atoms with Gasteiger partial charge in [-0.15, -0.1) is 0 Å². The highest BCUT2D eigenvalue weighted by molar-refractivity contribution is 4.72. The maximum Gasteiger partial charge on any atom is 0.403 e. The van der Waals surface area contributed by atoms with E-state index in [2.05, 4.69) is 0 Å². The molecule has 1 rings (SSSR count). The summed E-state index contributed by atoms with van der Waals surface area (Å²) in [5, 5.41) is 26.0. The molecule has 0 aliphatic heterocycles. The van der Waals surface area contributed by atoms with Crippen LogP contribution in [0.3, 0.4) is 0 Å². The minimum Gasteiger partial charge on any atom is -0.420 e. The molecule has 0 radical (unpaired) electrons. The van der Waals surface area contributed by atoms with E-state index < -0.39 is 39.7 Å². The lowest BCUT2D eigenvalue weighted by molar-refractivity contribution is 0.0765. The van der Waals surface area contributed by atoms with Gasteiger partial charge in [0.05, 0.1) is 13.2 Å². The molecule has 0 saturated heterocycles. The normalized spacial score (nSPS) is 10.4. The van der Waals surface area contributed by atoms with Crippen LogP contribution in [0.1, 0.15) is 0 Å². The van der Waals surface area contributed by atoms with Crippen molar-refractivity contribution in [1.29, 1.82) is 0 Å². The van der Waals surface area contributed by atoms with Crippen molar-refractivity contribution in [2.24, 2.45) is 0 Å². The molecule has 0 aromatic carbocycles. The molecule has 0 unspecified atom stereocenters. The maximum absolute atomic E-state index is 11.0. The molecule has 9 nitrogen and oxygen atoms in total. The average Bonchev–Trinajstić information content (AvgIpc) is 2.19. The lowest BCUT2D eigenvalue weighted by Gasteiger charge is -2.04. The Kier molecular flexibility index (Phi) is 2.42. The summed E-state index contributed by atoms with van der Waals surface area (Å²) in [4.78, 5) is 32.7. The Morgan fingerprint density at radius 2 is 1.36 bits per heavy atom. The lowest BCUT2D eigenvalue weighted by atomic mass is 10.7. The largest absolute Gasteiger partial charge is 0.420 e. The van der Waals surface area contributed by atoms with Gasteiger partial charge >= 0.3 is 17.1 Å². The minimum atomic E-state index is -1.56. The van der Waals surface area contributed by atoms with E-state index in [0.29, 0.717) is 4.57 Å². The smallest absolute Gasteiger partial charge is 0.403 e. The Balaban J connectivity index is 3.70. The molecular weight excluding hydrogens is 198 g/mol. The summed E-state index contributed by atoms with van der Waals surface area (Å²) in [5.41, 5.74) is -4.20. The van der Waals surface area contributed by atoms with Crippen molar-refractivity contribution < 1.29 is 15.5 Å². The molecule has 0 aliphatic rings. The Bertz CT molecular complexity index is 467. The molecule has 1 aromatic rings. The second kappa shape index (κ2) is 3.38. The molecular formula is C5H7N3O6. The molecule has 78 valence electrons. The van der Waals surface area contributed by atoms with Crippen LogP contribution in [-0.4, -0.2) is 36.2 Å². The molecule has 9 heteroatoms. The Morgan fingerprint density at radius 3 is 1.71 bits per heavy atom. The van der Waals surface area contributed by atoms with Crippen LogP contribution in [0.2, 0.25) is 0 Å². The van der Waals surface area contributed by atoms with Gasteiger partial charge in [-0.05, 0) is 0 Å². The zero-order valence-corrected chi connectivity index (χ0v) is 6.82. The SMILES string of the molecule is O=c1n(O)c(=O)n(CCO)c(=O)n1O. The van der Waals surface area contributed by atoms with Gasteiger partial charge in [0.2, 0.25) is 0 Å².